The third kappa shape index (κ3) is 3.93. The number of carbonyl (C=O) groups excluding carboxylic acids is 1. The molecule has 0 bridgehead atoms. The average molecular weight is 280 g/mol. The standard InChI is InChI=1S/C15H21FN2O2/c1-11(15(20)18-5-3-2-4-6-18)17-10-12-7-13(16)9-14(19)8-12/h7-9,11,17,19H,2-6,10H2,1H3. The van der Waals surface area contributed by atoms with Crippen molar-refractivity contribution >= 4 is 5.91 Å². The van der Waals surface area contributed by atoms with E-state index in [9.17, 15) is 14.3 Å². The molecular weight excluding hydrogens is 259 g/mol. The molecule has 1 amide bonds. The predicted octanol–water partition coefficient (Wildman–Crippen LogP) is 2.02. The van der Waals surface area contributed by atoms with E-state index in [1.807, 2.05) is 11.8 Å². The summed E-state index contributed by atoms with van der Waals surface area (Å²) in [4.78, 5) is 14.1. The van der Waals surface area contributed by atoms with Crippen molar-refractivity contribution in [3.8, 4) is 5.75 Å². The Kier molecular flexibility index (Phi) is 4.95. The van der Waals surface area contributed by atoms with Crippen molar-refractivity contribution in [2.45, 2.75) is 38.8 Å². The Morgan fingerprint density at radius 1 is 1.35 bits per heavy atom. The van der Waals surface area contributed by atoms with Crippen LogP contribution >= 0.6 is 0 Å². The molecule has 1 saturated heterocycles. The lowest BCUT2D eigenvalue weighted by atomic mass is 10.1. The molecule has 110 valence electrons. The fraction of sp³-hybridized carbons (Fsp3) is 0.533. The number of benzene rings is 1. The van der Waals surface area contributed by atoms with Gasteiger partial charge in [0.25, 0.3) is 0 Å². The zero-order chi connectivity index (χ0) is 14.5. The van der Waals surface area contributed by atoms with Gasteiger partial charge in [-0.05, 0) is 43.9 Å². The molecule has 1 heterocycles. The summed E-state index contributed by atoms with van der Waals surface area (Å²) in [5, 5.41) is 12.4. The van der Waals surface area contributed by atoms with Crippen LogP contribution in [0.1, 0.15) is 31.7 Å². The van der Waals surface area contributed by atoms with Crippen LogP contribution in [0.5, 0.6) is 5.75 Å². The number of hydrogen-bond acceptors (Lipinski definition) is 3. The van der Waals surface area contributed by atoms with Gasteiger partial charge in [-0.25, -0.2) is 4.39 Å². The van der Waals surface area contributed by atoms with Crippen molar-refractivity contribution in [3.05, 3.63) is 29.6 Å². The Morgan fingerprint density at radius 3 is 2.70 bits per heavy atom. The lowest BCUT2D eigenvalue weighted by molar-refractivity contribution is -0.133. The molecule has 20 heavy (non-hydrogen) atoms. The number of phenols is 1. The van der Waals surface area contributed by atoms with Gasteiger partial charge in [0.1, 0.15) is 11.6 Å². The van der Waals surface area contributed by atoms with Crippen LogP contribution in [0.3, 0.4) is 0 Å². The largest absolute Gasteiger partial charge is 0.508 e. The molecule has 0 spiro atoms. The highest BCUT2D eigenvalue weighted by molar-refractivity contribution is 5.81. The summed E-state index contributed by atoms with van der Waals surface area (Å²) in [5.41, 5.74) is 0.626. The highest BCUT2D eigenvalue weighted by atomic mass is 19.1. The van der Waals surface area contributed by atoms with E-state index >= 15 is 0 Å². The Labute approximate surface area is 118 Å². The van der Waals surface area contributed by atoms with E-state index in [2.05, 4.69) is 5.32 Å². The van der Waals surface area contributed by atoms with Crippen LogP contribution in [0.25, 0.3) is 0 Å². The molecule has 4 nitrogen and oxygen atoms in total. The molecule has 1 aromatic carbocycles. The van der Waals surface area contributed by atoms with Gasteiger partial charge >= 0.3 is 0 Å². The van der Waals surface area contributed by atoms with Crippen LogP contribution in [0.15, 0.2) is 18.2 Å². The summed E-state index contributed by atoms with van der Waals surface area (Å²) >= 11 is 0. The summed E-state index contributed by atoms with van der Waals surface area (Å²) in [7, 11) is 0. The van der Waals surface area contributed by atoms with Crippen LogP contribution < -0.4 is 5.32 Å². The molecule has 0 radical (unpaired) electrons. The molecule has 5 heteroatoms. The normalized spacial score (nSPS) is 17.0. The summed E-state index contributed by atoms with van der Waals surface area (Å²) in [6, 6.07) is 3.60. The second-order valence-corrected chi connectivity index (χ2v) is 5.31. The maximum Gasteiger partial charge on any atom is 0.239 e. The first-order valence-corrected chi connectivity index (χ1v) is 7.07. The molecule has 0 aliphatic carbocycles. The second kappa shape index (κ2) is 6.70. The summed E-state index contributed by atoms with van der Waals surface area (Å²) in [5.74, 6) is -0.487. The number of phenolic OH excluding ortho intramolecular Hbond substituents is 1. The van der Waals surface area contributed by atoms with Gasteiger partial charge in [0.05, 0.1) is 6.04 Å². The fourth-order valence-corrected chi connectivity index (χ4v) is 2.48. The summed E-state index contributed by atoms with van der Waals surface area (Å²) in [6.07, 6.45) is 3.32. The van der Waals surface area contributed by atoms with E-state index < -0.39 is 5.82 Å². The van der Waals surface area contributed by atoms with E-state index in [0.717, 1.165) is 32.0 Å². The van der Waals surface area contributed by atoms with Crippen molar-refractivity contribution in [2.75, 3.05) is 13.1 Å². The Balaban J connectivity index is 1.87. The average Bonchev–Trinajstić information content (AvgIpc) is 2.44. The van der Waals surface area contributed by atoms with Crippen LogP contribution in [0, 0.1) is 5.82 Å². The highest BCUT2D eigenvalue weighted by Crippen LogP contribution is 2.15. The molecule has 1 aromatic rings. The van der Waals surface area contributed by atoms with E-state index in [0.29, 0.717) is 12.1 Å². The molecule has 1 atom stereocenters. The number of amides is 1. The number of rotatable bonds is 4. The molecule has 2 N–H and O–H groups in total. The number of halogens is 1. The maximum atomic E-state index is 13.1. The van der Waals surface area contributed by atoms with Crippen LogP contribution in [0.2, 0.25) is 0 Å². The Bertz CT molecular complexity index is 453. The monoisotopic (exact) mass is 280 g/mol. The number of carbonyl (C=O) groups is 1. The van der Waals surface area contributed by atoms with Gasteiger partial charge < -0.3 is 15.3 Å². The van der Waals surface area contributed by atoms with Gasteiger partial charge in [0, 0.05) is 25.7 Å². The quantitative estimate of drug-likeness (QED) is 0.887. The Hall–Kier alpha value is -1.62. The zero-order valence-corrected chi connectivity index (χ0v) is 11.7. The number of nitrogens with zero attached hydrogens (tertiary/aromatic N) is 1. The lowest BCUT2D eigenvalue weighted by Gasteiger charge is -2.29. The van der Waals surface area contributed by atoms with Gasteiger partial charge in [0.2, 0.25) is 5.91 Å². The van der Waals surface area contributed by atoms with Gasteiger partial charge in [-0.2, -0.15) is 0 Å². The molecule has 1 aliphatic rings. The fourth-order valence-electron chi connectivity index (χ4n) is 2.48. The third-order valence-corrected chi connectivity index (χ3v) is 3.59. The van der Waals surface area contributed by atoms with Gasteiger partial charge in [-0.3, -0.25) is 4.79 Å². The maximum absolute atomic E-state index is 13.1. The van der Waals surface area contributed by atoms with Crippen molar-refractivity contribution in [2.24, 2.45) is 0 Å². The Morgan fingerprint density at radius 2 is 2.05 bits per heavy atom. The van der Waals surface area contributed by atoms with Crippen LogP contribution in [-0.2, 0) is 11.3 Å². The number of likely N-dealkylation sites (tertiary alicyclic amines) is 1. The van der Waals surface area contributed by atoms with Gasteiger partial charge in [0.15, 0.2) is 0 Å². The number of aromatic hydroxyl groups is 1. The zero-order valence-electron chi connectivity index (χ0n) is 11.7. The van der Waals surface area contributed by atoms with E-state index in [1.165, 1.54) is 18.6 Å². The van der Waals surface area contributed by atoms with Crippen molar-refractivity contribution in [3.63, 3.8) is 0 Å². The van der Waals surface area contributed by atoms with Crippen molar-refractivity contribution in [1.82, 2.24) is 10.2 Å². The van der Waals surface area contributed by atoms with E-state index in [-0.39, 0.29) is 17.7 Å². The highest BCUT2D eigenvalue weighted by Gasteiger charge is 2.21. The minimum Gasteiger partial charge on any atom is -0.508 e. The van der Waals surface area contributed by atoms with E-state index in [1.54, 1.807) is 0 Å². The lowest BCUT2D eigenvalue weighted by Crippen LogP contribution is -2.46. The molecule has 1 unspecified atom stereocenters. The van der Waals surface area contributed by atoms with Gasteiger partial charge in [-0.15, -0.1) is 0 Å². The topological polar surface area (TPSA) is 52.6 Å². The smallest absolute Gasteiger partial charge is 0.239 e. The van der Waals surface area contributed by atoms with Crippen LogP contribution in [0.4, 0.5) is 4.39 Å². The van der Waals surface area contributed by atoms with Crippen LogP contribution in [-0.4, -0.2) is 35.0 Å². The first-order chi connectivity index (χ1) is 9.56. The third-order valence-electron chi connectivity index (χ3n) is 3.59. The van der Waals surface area contributed by atoms with Crippen molar-refractivity contribution in [1.29, 1.82) is 0 Å². The molecule has 2 rings (SSSR count). The SMILES string of the molecule is CC(NCc1cc(O)cc(F)c1)C(=O)N1CCCCC1. The number of piperidine rings is 1. The summed E-state index contributed by atoms with van der Waals surface area (Å²) in [6.45, 7) is 3.82. The molecule has 1 fully saturated rings. The molecule has 0 aromatic heterocycles. The second-order valence-electron chi connectivity index (χ2n) is 5.31. The predicted molar refractivity (Wildman–Crippen MR) is 74.8 cm³/mol. The van der Waals surface area contributed by atoms with E-state index in [4.69, 9.17) is 0 Å². The molecule has 1 aliphatic heterocycles. The number of nitrogens with one attached hydrogen (secondary N) is 1. The minimum absolute atomic E-state index is 0.0883. The molecule has 0 saturated carbocycles. The molecular formula is C15H21FN2O2. The minimum atomic E-state index is -0.475. The van der Waals surface area contributed by atoms with Crippen molar-refractivity contribution < 1.29 is 14.3 Å². The number of hydrogen-bond donors (Lipinski definition) is 2. The summed E-state index contributed by atoms with van der Waals surface area (Å²) < 4.78 is 13.1. The van der Waals surface area contributed by atoms with Gasteiger partial charge in [-0.1, -0.05) is 0 Å². The first-order valence-electron chi connectivity index (χ1n) is 7.07. The first kappa shape index (κ1) is 14.8.